The molecule has 0 N–H and O–H groups in total. The summed E-state index contributed by atoms with van der Waals surface area (Å²) < 4.78 is 0. The van der Waals surface area contributed by atoms with Gasteiger partial charge in [-0.3, -0.25) is 0 Å². The molecule has 1 unspecified atom stereocenters. The van der Waals surface area contributed by atoms with Gasteiger partial charge >= 0.3 is 0 Å². The van der Waals surface area contributed by atoms with E-state index >= 15 is 0 Å². The van der Waals surface area contributed by atoms with E-state index in [0.717, 1.165) is 0 Å². The van der Waals surface area contributed by atoms with Crippen molar-refractivity contribution in [3.05, 3.63) is 206 Å². The van der Waals surface area contributed by atoms with Crippen molar-refractivity contribution in [2.24, 2.45) is 11.3 Å². The van der Waals surface area contributed by atoms with E-state index in [1.54, 1.807) is 0 Å². The summed E-state index contributed by atoms with van der Waals surface area (Å²) in [5, 5.41) is 0. The Balaban J connectivity index is 1.71. The molecule has 0 heteroatoms. The maximum absolute atomic E-state index is 2.60. The molecule has 5 aromatic carbocycles. The van der Waals surface area contributed by atoms with Crippen LogP contribution < -0.4 is 0 Å². The lowest BCUT2D eigenvalue weighted by Gasteiger charge is -2.28. The Labute approximate surface area is 275 Å². The monoisotopic (exact) mass is 594 g/mol. The van der Waals surface area contributed by atoms with Gasteiger partial charge in [-0.25, -0.2) is 0 Å². The Morgan fingerprint density at radius 2 is 1.11 bits per heavy atom. The molecule has 0 heterocycles. The minimum Gasteiger partial charge on any atom is -0.0720 e. The van der Waals surface area contributed by atoms with Crippen molar-refractivity contribution in [2.45, 2.75) is 41.5 Å². The minimum absolute atomic E-state index is 0.0644. The number of benzene rings is 5. The number of hydrogen-bond acceptors (Lipinski definition) is 0. The SMILES string of the molecule is CC(C)=C1C(=C(c2ccccc2)c2ccccc2)C2C=C(c3ccc(C)cc3)c3ccc(C)cc3C(c3ccccc3)=C2C1(C)C. The zero-order valence-electron chi connectivity index (χ0n) is 27.9. The van der Waals surface area contributed by atoms with Crippen molar-refractivity contribution >= 4 is 16.7 Å². The van der Waals surface area contributed by atoms with Crippen molar-refractivity contribution in [3.8, 4) is 0 Å². The predicted molar refractivity (Wildman–Crippen MR) is 196 cm³/mol. The van der Waals surface area contributed by atoms with E-state index in [0.29, 0.717) is 0 Å². The first kappa shape index (κ1) is 29.8. The highest BCUT2D eigenvalue weighted by Gasteiger charge is 2.48. The fourth-order valence-electron chi connectivity index (χ4n) is 8.06. The summed E-state index contributed by atoms with van der Waals surface area (Å²) >= 11 is 0. The highest BCUT2D eigenvalue weighted by atomic mass is 14.5. The third-order valence-electron chi connectivity index (χ3n) is 9.85. The second kappa shape index (κ2) is 11.8. The molecular formula is C46H42. The lowest BCUT2D eigenvalue weighted by molar-refractivity contribution is 0.561. The first-order chi connectivity index (χ1) is 22.3. The zero-order valence-corrected chi connectivity index (χ0v) is 27.9. The second-order valence-corrected chi connectivity index (χ2v) is 13.6. The highest BCUT2D eigenvalue weighted by Crippen LogP contribution is 2.62. The van der Waals surface area contributed by atoms with Gasteiger partial charge in [-0.1, -0.05) is 170 Å². The van der Waals surface area contributed by atoms with Crippen LogP contribution in [0.3, 0.4) is 0 Å². The van der Waals surface area contributed by atoms with Gasteiger partial charge in [0.15, 0.2) is 0 Å². The number of rotatable bonds is 4. The molecule has 0 radical (unpaired) electrons. The van der Waals surface area contributed by atoms with Crippen LogP contribution in [-0.4, -0.2) is 0 Å². The van der Waals surface area contributed by atoms with Crippen LogP contribution in [0.2, 0.25) is 0 Å². The van der Waals surface area contributed by atoms with Gasteiger partial charge in [-0.15, -0.1) is 0 Å². The maximum Gasteiger partial charge on any atom is 0.0265 e. The molecule has 46 heavy (non-hydrogen) atoms. The molecule has 1 saturated carbocycles. The molecule has 0 amide bonds. The number of allylic oxidation sites excluding steroid dienone is 5. The van der Waals surface area contributed by atoms with Gasteiger partial charge < -0.3 is 0 Å². The molecule has 0 nitrogen and oxygen atoms in total. The molecule has 0 spiro atoms. The molecule has 1 fully saturated rings. The quantitative estimate of drug-likeness (QED) is 0.194. The Kier molecular flexibility index (Phi) is 7.61. The number of hydrogen-bond donors (Lipinski definition) is 0. The van der Waals surface area contributed by atoms with Crippen LogP contribution in [0.25, 0.3) is 16.7 Å². The van der Waals surface area contributed by atoms with Crippen LogP contribution in [0.5, 0.6) is 0 Å². The Bertz CT molecular complexity index is 2000. The Morgan fingerprint density at radius 1 is 0.565 bits per heavy atom. The Hall–Kier alpha value is -4.94. The van der Waals surface area contributed by atoms with E-state index in [2.05, 4.69) is 181 Å². The molecule has 226 valence electrons. The van der Waals surface area contributed by atoms with Crippen molar-refractivity contribution in [2.75, 3.05) is 0 Å². The fraction of sp³-hybridized carbons (Fsp3) is 0.174. The fourth-order valence-corrected chi connectivity index (χ4v) is 8.06. The van der Waals surface area contributed by atoms with Gasteiger partial charge in [0.25, 0.3) is 0 Å². The molecule has 0 aliphatic heterocycles. The van der Waals surface area contributed by atoms with Crippen LogP contribution in [0.1, 0.15) is 72.2 Å². The minimum atomic E-state index is -0.223. The van der Waals surface area contributed by atoms with Crippen molar-refractivity contribution in [3.63, 3.8) is 0 Å². The van der Waals surface area contributed by atoms with Crippen molar-refractivity contribution < 1.29 is 0 Å². The van der Waals surface area contributed by atoms with E-state index in [-0.39, 0.29) is 11.3 Å². The summed E-state index contributed by atoms with van der Waals surface area (Å²) in [5.74, 6) is 0.0644. The van der Waals surface area contributed by atoms with Crippen LogP contribution in [0, 0.1) is 25.2 Å². The molecule has 2 aliphatic carbocycles. The Morgan fingerprint density at radius 3 is 1.67 bits per heavy atom. The lowest BCUT2D eigenvalue weighted by Crippen LogP contribution is -2.15. The molecule has 1 atom stereocenters. The topological polar surface area (TPSA) is 0 Å². The van der Waals surface area contributed by atoms with Gasteiger partial charge in [0.1, 0.15) is 0 Å². The van der Waals surface area contributed by atoms with E-state index < -0.39 is 0 Å². The summed E-state index contributed by atoms with van der Waals surface area (Å²) in [7, 11) is 0. The summed E-state index contributed by atoms with van der Waals surface area (Å²) in [6, 6.07) is 49.3. The van der Waals surface area contributed by atoms with Gasteiger partial charge in [-0.2, -0.15) is 0 Å². The highest BCUT2D eigenvalue weighted by molar-refractivity contribution is 5.99. The number of aryl methyl sites for hydroxylation is 2. The van der Waals surface area contributed by atoms with Crippen molar-refractivity contribution in [1.82, 2.24) is 0 Å². The zero-order chi connectivity index (χ0) is 32.0. The van der Waals surface area contributed by atoms with E-state index in [1.807, 2.05) is 0 Å². The first-order valence-corrected chi connectivity index (χ1v) is 16.5. The van der Waals surface area contributed by atoms with Crippen LogP contribution in [0.4, 0.5) is 0 Å². The lowest BCUT2D eigenvalue weighted by atomic mass is 9.75. The third-order valence-corrected chi connectivity index (χ3v) is 9.85. The third kappa shape index (κ3) is 5.03. The summed E-state index contributed by atoms with van der Waals surface area (Å²) in [6.45, 7) is 13.9. The molecule has 0 bridgehead atoms. The molecule has 7 rings (SSSR count). The largest absolute Gasteiger partial charge is 0.0720 e. The summed E-state index contributed by atoms with van der Waals surface area (Å²) in [5.41, 5.74) is 19.7. The standard InChI is InChI=1S/C46H42/c1-30(2)44-43(41(34-16-10-7-11-17-34)35-18-12-8-13-19-35)40-29-38(33-25-22-31(3)23-26-33)37-27-24-32(4)28-39(37)42(45(40)46(44,5)6)36-20-14-9-15-21-36/h7-29,40H,1-6H3. The maximum atomic E-state index is 2.60. The summed E-state index contributed by atoms with van der Waals surface area (Å²) in [6.07, 6.45) is 2.60. The molecular weight excluding hydrogens is 553 g/mol. The van der Waals surface area contributed by atoms with Crippen LogP contribution in [-0.2, 0) is 0 Å². The predicted octanol–water partition coefficient (Wildman–Crippen LogP) is 12.0. The van der Waals surface area contributed by atoms with E-state index in [4.69, 9.17) is 0 Å². The van der Waals surface area contributed by atoms with E-state index in [1.165, 1.54) is 83.5 Å². The van der Waals surface area contributed by atoms with Crippen molar-refractivity contribution in [1.29, 1.82) is 0 Å². The van der Waals surface area contributed by atoms with Gasteiger partial charge in [-0.05, 0) is 94.5 Å². The average Bonchev–Trinajstić information content (AvgIpc) is 3.18. The molecule has 0 saturated heterocycles. The summed E-state index contributed by atoms with van der Waals surface area (Å²) in [4.78, 5) is 0. The van der Waals surface area contributed by atoms with Gasteiger partial charge in [0, 0.05) is 11.3 Å². The van der Waals surface area contributed by atoms with E-state index in [9.17, 15) is 0 Å². The molecule has 5 aromatic rings. The van der Waals surface area contributed by atoms with Crippen LogP contribution in [0.15, 0.2) is 162 Å². The smallest absolute Gasteiger partial charge is 0.0265 e. The molecule has 0 aromatic heterocycles. The first-order valence-electron chi connectivity index (χ1n) is 16.5. The second-order valence-electron chi connectivity index (χ2n) is 13.6. The molecule has 2 aliphatic rings. The average molecular weight is 595 g/mol. The normalized spacial score (nSPS) is 16.8. The van der Waals surface area contributed by atoms with Gasteiger partial charge in [0.05, 0.1) is 0 Å². The van der Waals surface area contributed by atoms with Gasteiger partial charge in [0.2, 0.25) is 0 Å². The van der Waals surface area contributed by atoms with Crippen LogP contribution >= 0.6 is 0 Å². The number of fused-ring (bicyclic) bond motifs is 2.